The number of halogens is 1. The molecular weight excluding hydrogens is 397 g/mol. The van der Waals surface area contributed by atoms with Crippen molar-refractivity contribution in [2.45, 2.75) is 18.6 Å². The van der Waals surface area contributed by atoms with Gasteiger partial charge in [-0.1, -0.05) is 12.1 Å². The molecule has 146 valence electrons. The molecule has 1 heterocycles. The Bertz CT molecular complexity index is 842. The van der Waals surface area contributed by atoms with Crippen LogP contribution in [0.4, 0.5) is 4.39 Å². The molecule has 28 heavy (non-hydrogen) atoms. The van der Waals surface area contributed by atoms with E-state index >= 15 is 0 Å². The Balaban J connectivity index is 0.000000408. The summed E-state index contributed by atoms with van der Waals surface area (Å²) in [4.78, 5) is 4.03. The average Bonchev–Trinajstić information content (AvgIpc) is 3.47. The monoisotopic (exact) mass is 419 g/mol. The molecule has 2 atom stereocenters. The van der Waals surface area contributed by atoms with Gasteiger partial charge in [0.05, 0.1) is 12.1 Å². The van der Waals surface area contributed by atoms with E-state index in [0.717, 1.165) is 11.1 Å². The summed E-state index contributed by atoms with van der Waals surface area (Å²) in [5, 5.41) is 4.26. The first-order valence-electron chi connectivity index (χ1n) is 8.77. The van der Waals surface area contributed by atoms with Gasteiger partial charge in [-0.15, -0.1) is 5.56 Å². The van der Waals surface area contributed by atoms with Crippen molar-refractivity contribution in [3.8, 4) is 0 Å². The normalized spacial score (nSPS) is 12.4. The van der Waals surface area contributed by atoms with Crippen LogP contribution in [0.3, 0.4) is 0 Å². The van der Waals surface area contributed by atoms with E-state index in [1.54, 1.807) is 30.3 Å². The van der Waals surface area contributed by atoms with Gasteiger partial charge >= 0.3 is 17.1 Å². The molecular formula is C22H22FFeN3O. The van der Waals surface area contributed by atoms with Gasteiger partial charge in [-0.2, -0.15) is 35.4 Å². The number of methoxy groups -OCH3 is 1. The molecule has 4 rings (SSSR count). The second kappa shape index (κ2) is 11.3. The second-order valence-corrected chi connectivity index (χ2v) is 6.11. The third-order valence-corrected chi connectivity index (χ3v) is 4.31. The van der Waals surface area contributed by atoms with Crippen LogP contribution in [0.15, 0.2) is 91.5 Å². The molecule has 0 saturated carbocycles. The summed E-state index contributed by atoms with van der Waals surface area (Å²) in [6.45, 7) is 0. The van der Waals surface area contributed by atoms with Gasteiger partial charge in [-0.3, -0.25) is 0 Å². The summed E-state index contributed by atoms with van der Waals surface area (Å²) in [5.74, 6) is -0.236. The molecule has 0 bridgehead atoms. The molecule has 0 spiro atoms. The molecule has 0 saturated heterocycles. The van der Waals surface area contributed by atoms with Gasteiger partial charge in [0.25, 0.3) is 0 Å². The molecule has 4 nitrogen and oxygen atoms in total. The summed E-state index contributed by atoms with van der Waals surface area (Å²) >= 11 is 0. The van der Waals surface area contributed by atoms with Crippen molar-refractivity contribution in [2.24, 2.45) is 0 Å². The first kappa shape index (κ1) is 21.8. The zero-order chi connectivity index (χ0) is 18.9. The molecule has 0 N–H and O–H groups in total. The number of rotatable bonds is 6. The number of aromatic nitrogens is 3. The van der Waals surface area contributed by atoms with E-state index in [9.17, 15) is 4.39 Å². The summed E-state index contributed by atoms with van der Waals surface area (Å²) < 4.78 is 20.6. The minimum atomic E-state index is -0.236. The molecule has 0 aliphatic heterocycles. The molecule has 0 aliphatic carbocycles. The summed E-state index contributed by atoms with van der Waals surface area (Å²) in [6, 6.07) is 24.5. The molecule has 3 aromatic carbocycles. The molecule has 0 aliphatic rings. The van der Waals surface area contributed by atoms with Crippen molar-refractivity contribution < 1.29 is 26.2 Å². The first-order chi connectivity index (χ1) is 13.3. The zero-order valence-electron chi connectivity index (χ0n) is 15.5. The van der Waals surface area contributed by atoms with Crippen LogP contribution in [0.2, 0.25) is 0 Å². The van der Waals surface area contributed by atoms with Crippen LogP contribution in [-0.2, 0) is 28.2 Å². The minimum absolute atomic E-state index is 0. The van der Waals surface area contributed by atoms with E-state index in [4.69, 9.17) is 4.74 Å². The maximum absolute atomic E-state index is 13.1. The largest absolute Gasteiger partial charge is 2.00 e. The molecule has 1 aromatic heterocycles. The van der Waals surface area contributed by atoms with Crippen molar-refractivity contribution in [3.05, 3.63) is 108 Å². The van der Waals surface area contributed by atoms with Crippen molar-refractivity contribution >= 4 is 0 Å². The number of ether oxygens (including phenoxy) is 1. The van der Waals surface area contributed by atoms with Crippen LogP contribution < -0.4 is 0 Å². The second-order valence-electron chi connectivity index (χ2n) is 6.11. The van der Waals surface area contributed by atoms with Gasteiger partial charge in [0.2, 0.25) is 0 Å². The van der Waals surface area contributed by atoms with E-state index in [2.05, 4.69) is 10.1 Å². The van der Waals surface area contributed by atoms with Crippen LogP contribution in [-0.4, -0.2) is 21.9 Å². The third kappa shape index (κ3) is 5.99. The van der Waals surface area contributed by atoms with Crippen LogP contribution in [0.25, 0.3) is 0 Å². The topological polar surface area (TPSA) is 39.9 Å². The van der Waals surface area contributed by atoms with Crippen LogP contribution in [0, 0.1) is 5.82 Å². The number of nitrogens with zero attached hydrogens (tertiary/aromatic N) is 3. The Morgan fingerprint density at radius 3 is 2.29 bits per heavy atom. The summed E-state index contributed by atoms with van der Waals surface area (Å²) in [5.41, 5.74) is 2.11. The van der Waals surface area contributed by atoms with Crippen molar-refractivity contribution in [3.63, 3.8) is 0 Å². The Kier molecular flexibility index (Phi) is 8.82. The Labute approximate surface area is 175 Å². The van der Waals surface area contributed by atoms with Gasteiger partial charge in [0, 0.05) is 7.11 Å². The average molecular weight is 419 g/mol. The maximum atomic E-state index is 13.1. The first-order valence-corrected chi connectivity index (χ1v) is 8.77. The molecule has 0 radical (unpaired) electrons. The number of hydrogen-bond acceptors (Lipinski definition) is 3. The fourth-order valence-electron chi connectivity index (χ4n) is 3.00. The standard InChI is InChI=1S/C17H17FN3O.C5H5.Fe/c1-22-17(14-4-2-3-5-14)16(21-12-19-11-20-21)10-13-6-8-15(18)9-7-13;1-2-4-5-3-1;/h2-9,11-12,16-17H,10H2,1H3;1-5H;/q2*-1;+2. The maximum Gasteiger partial charge on any atom is 2.00 e. The molecule has 6 heteroatoms. The van der Waals surface area contributed by atoms with E-state index < -0.39 is 0 Å². The zero-order valence-corrected chi connectivity index (χ0v) is 16.6. The molecule has 0 amide bonds. The van der Waals surface area contributed by atoms with E-state index in [0.29, 0.717) is 6.42 Å². The molecule has 2 unspecified atom stereocenters. The Morgan fingerprint density at radius 2 is 1.79 bits per heavy atom. The minimum Gasteiger partial charge on any atom is -0.387 e. The van der Waals surface area contributed by atoms with Gasteiger partial charge in [-0.25, -0.2) is 38.3 Å². The summed E-state index contributed by atoms with van der Waals surface area (Å²) in [7, 11) is 1.69. The Morgan fingerprint density at radius 1 is 1.11 bits per heavy atom. The Hall–Kier alpha value is -2.53. The third-order valence-electron chi connectivity index (χ3n) is 4.31. The van der Waals surface area contributed by atoms with Crippen molar-refractivity contribution in [1.82, 2.24) is 14.8 Å². The van der Waals surface area contributed by atoms with Crippen molar-refractivity contribution in [2.75, 3.05) is 7.11 Å². The van der Waals surface area contributed by atoms with Gasteiger partial charge in [0.1, 0.15) is 18.5 Å². The van der Waals surface area contributed by atoms with Crippen molar-refractivity contribution in [1.29, 1.82) is 0 Å². The van der Waals surface area contributed by atoms with Gasteiger partial charge in [0.15, 0.2) is 0 Å². The van der Waals surface area contributed by atoms with E-state index in [1.165, 1.54) is 18.5 Å². The van der Waals surface area contributed by atoms with Crippen LogP contribution in [0.5, 0.6) is 0 Å². The summed E-state index contributed by atoms with van der Waals surface area (Å²) in [6.07, 6.45) is 3.72. The predicted molar refractivity (Wildman–Crippen MR) is 103 cm³/mol. The smallest absolute Gasteiger partial charge is 0.387 e. The number of benzene rings is 1. The predicted octanol–water partition coefficient (Wildman–Crippen LogP) is 4.71. The fraction of sp³-hybridized carbons (Fsp3) is 0.182. The van der Waals surface area contributed by atoms with Crippen LogP contribution in [0.1, 0.15) is 23.3 Å². The quantitative estimate of drug-likeness (QED) is 0.336. The van der Waals surface area contributed by atoms with Crippen LogP contribution >= 0.6 is 0 Å². The molecule has 0 fully saturated rings. The SMILES string of the molecule is COC([c-]1cccc1)C(Cc1ccc(F)cc1)n1cncn1.[Fe+2].c1cc[cH-]c1. The fourth-order valence-corrected chi connectivity index (χ4v) is 3.00. The number of hydrogen-bond donors (Lipinski definition) is 0. The van der Waals surface area contributed by atoms with E-state index in [1.807, 2.05) is 54.6 Å². The van der Waals surface area contributed by atoms with Gasteiger partial charge in [-0.05, 0) is 24.1 Å². The van der Waals surface area contributed by atoms with Gasteiger partial charge < -0.3 is 4.74 Å². The van der Waals surface area contributed by atoms with E-state index in [-0.39, 0.29) is 35.0 Å². The molecule has 4 aromatic rings.